The summed E-state index contributed by atoms with van der Waals surface area (Å²) in [5, 5.41) is 1.97. The lowest BCUT2D eigenvalue weighted by atomic mass is 10.2. The predicted molar refractivity (Wildman–Crippen MR) is 98.3 cm³/mol. The normalized spacial score (nSPS) is 15.4. The van der Waals surface area contributed by atoms with Crippen LogP contribution < -0.4 is 10.6 Å². The van der Waals surface area contributed by atoms with Crippen molar-refractivity contribution in [2.45, 2.75) is 19.0 Å². The minimum absolute atomic E-state index is 0.123. The van der Waals surface area contributed by atoms with Crippen LogP contribution >= 0.6 is 11.3 Å². The number of nitrogens with zero attached hydrogens (tertiary/aromatic N) is 4. The van der Waals surface area contributed by atoms with Gasteiger partial charge >= 0.3 is 6.18 Å². The Labute approximate surface area is 163 Å². The summed E-state index contributed by atoms with van der Waals surface area (Å²) < 4.78 is 37.3. The lowest BCUT2D eigenvalue weighted by Gasteiger charge is -2.22. The highest BCUT2D eigenvalue weighted by molar-refractivity contribution is 7.12. The molecule has 11 heteroatoms. The number of pyridine rings is 1. The highest BCUT2D eigenvalue weighted by atomic mass is 32.1. The molecule has 150 valence electrons. The number of carbonyl (C=O) groups excluding carboxylic acids is 2. The summed E-state index contributed by atoms with van der Waals surface area (Å²) in [6.45, 7) is 1.30. The third kappa shape index (κ3) is 4.77. The summed E-state index contributed by atoms with van der Waals surface area (Å²) in [5.74, 6) is -0.576. The van der Waals surface area contributed by atoms with E-state index in [2.05, 4.69) is 9.97 Å². The van der Waals surface area contributed by atoms with Gasteiger partial charge in [0.25, 0.3) is 0 Å². The second-order valence-corrected chi connectivity index (χ2v) is 7.15. The van der Waals surface area contributed by atoms with Crippen molar-refractivity contribution in [2.24, 2.45) is 0 Å². The molecule has 0 aromatic carbocycles. The maximum Gasteiger partial charge on any atom is 0.397 e. The molecule has 3 heterocycles. The molecule has 0 aliphatic carbocycles. The number of alkyl halides is 3. The first kappa shape index (κ1) is 20.1. The number of hydrogen-bond acceptors (Lipinski definition) is 7. The molecule has 0 radical (unpaired) electrons. The van der Waals surface area contributed by atoms with Crippen LogP contribution in [-0.2, 0) is 4.79 Å². The molecule has 1 amide bonds. The molecular formula is C17H18F3N5O2S. The van der Waals surface area contributed by atoms with E-state index >= 15 is 0 Å². The molecule has 0 saturated carbocycles. The molecule has 0 unspecified atom stereocenters. The first-order chi connectivity index (χ1) is 13.2. The van der Waals surface area contributed by atoms with Gasteiger partial charge in [-0.25, -0.2) is 9.97 Å². The van der Waals surface area contributed by atoms with Crippen molar-refractivity contribution < 1.29 is 22.8 Å². The van der Waals surface area contributed by atoms with Gasteiger partial charge in [-0.1, -0.05) is 0 Å². The molecule has 2 N–H and O–H groups in total. The van der Waals surface area contributed by atoms with Crippen LogP contribution in [0.5, 0.6) is 0 Å². The number of aromatic nitrogens is 2. The molecule has 1 aliphatic rings. The Morgan fingerprint density at radius 1 is 1.21 bits per heavy atom. The highest BCUT2D eigenvalue weighted by Crippen LogP contribution is 2.25. The monoisotopic (exact) mass is 413 g/mol. The summed E-state index contributed by atoms with van der Waals surface area (Å²) in [7, 11) is 0. The van der Waals surface area contributed by atoms with E-state index in [1.165, 1.54) is 11.1 Å². The third-order valence-electron chi connectivity index (χ3n) is 4.29. The summed E-state index contributed by atoms with van der Waals surface area (Å²) in [6, 6.07) is 3.18. The number of anilines is 2. The number of nitrogen functional groups attached to an aromatic ring is 1. The molecule has 7 nitrogen and oxygen atoms in total. The molecule has 28 heavy (non-hydrogen) atoms. The number of hydrogen-bond donors (Lipinski definition) is 1. The van der Waals surface area contributed by atoms with Gasteiger partial charge in [0, 0.05) is 37.8 Å². The Morgan fingerprint density at radius 3 is 2.71 bits per heavy atom. The van der Waals surface area contributed by atoms with Crippen LogP contribution in [0.15, 0.2) is 23.7 Å². The summed E-state index contributed by atoms with van der Waals surface area (Å²) in [4.78, 5) is 35.7. The molecular weight excluding hydrogens is 395 g/mol. The molecule has 2 aromatic heterocycles. The lowest BCUT2D eigenvalue weighted by Crippen LogP contribution is -2.37. The largest absolute Gasteiger partial charge is 0.397 e. The molecule has 1 aliphatic heterocycles. The van der Waals surface area contributed by atoms with E-state index in [4.69, 9.17) is 5.73 Å². The van der Waals surface area contributed by atoms with Crippen LogP contribution in [0.2, 0.25) is 0 Å². The van der Waals surface area contributed by atoms with Gasteiger partial charge in [-0.05, 0) is 18.6 Å². The zero-order valence-corrected chi connectivity index (χ0v) is 15.6. The van der Waals surface area contributed by atoms with E-state index < -0.39 is 18.5 Å². The van der Waals surface area contributed by atoms with E-state index in [9.17, 15) is 22.8 Å². The van der Waals surface area contributed by atoms with Crippen molar-refractivity contribution in [3.05, 3.63) is 34.3 Å². The van der Waals surface area contributed by atoms with Crippen LogP contribution in [0.25, 0.3) is 0 Å². The SMILES string of the molecule is Nc1ncccc1C(=O)c1nc(N2CCCN(C(=O)CC(F)(F)F)CC2)cs1. The molecule has 3 rings (SSSR count). The maximum atomic E-state index is 12.6. The third-order valence-corrected chi connectivity index (χ3v) is 5.12. The average Bonchev–Trinajstić information content (AvgIpc) is 2.98. The van der Waals surface area contributed by atoms with Crippen LogP contribution in [0.1, 0.15) is 28.2 Å². The van der Waals surface area contributed by atoms with Gasteiger partial charge in [0.1, 0.15) is 18.1 Å². The minimum Gasteiger partial charge on any atom is -0.383 e. The number of carbonyl (C=O) groups is 2. The van der Waals surface area contributed by atoms with Crippen molar-refractivity contribution >= 4 is 34.7 Å². The van der Waals surface area contributed by atoms with E-state index in [1.54, 1.807) is 17.5 Å². The fourth-order valence-electron chi connectivity index (χ4n) is 2.92. The van der Waals surface area contributed by atoms with Gasteiger partial charge in [-0.2, -0.15) is 13.2 Å². The van der Waals surface area contributed by atoms with Crippen molar-refractivity contribution in [1.82, 2.24) is 14.9 Å². The fraction of sp³-hybridized carbons (Fsp3) is 0.412. The fourth-order valence-corrected chi connectivity index (χ4v) is 3.70. The van der Waals surface area contributed by atoms with Crippen LogP contribution in [0.4, 0.5) is 24.8 Å². The Kier molecular flexibility index (Phi) is 5.82. The van der Waals surface area contributed by atoms with Crippen LogP contribution in [0, 0.1) is 0 Å². The van der Waals surface area contributed by atoms with Crippen molar-refractivity contribution in [1.29, 1.82) is 0 Å². The number of nitrogens with two attached hydrogens (primary N) is 1. The Hall–Kier alpha value is -2.69. The molecule has 0 bridgehead atoms. The highest BCUT2D eigenvalue weighted by Gasteiger charge is 2.34. The van der Waals surface area contributed by atoms with Crippen molar-refractivity contribution in [3.63, 3.8) is 0 Å². The Balaban J connectivity index is 1.66. The quantitative estimate of drug-likeness (QED) is 0.774. The Morgan fingerprint density at radius 2 is 2.00 bits per heavy atom. The predicted octanol–water partition coefficient (Wildman–Crippen LogP) is 2.34. The minimum atomic E-state index is -4.51. The molecule has 0 spiro atoms. The van der Waals surface area contributed by atoms with E-state index in [0.29, 0.717) is 25.3 Å². The molecule has 2 aromatic rings. The summed E-state index contributed by atoms with van der Waals surface area (Å²) in [6.07, 6.45) is -3.96. The summed E-state index contributed by atoms with van der Waals surface area (Å²) in [5.41, 5.74) is 6.00. The zero-order chi connectivity index (χ0) is 20.3. The standard InChI is InChI=1S/C17H18F3N5O2S/c18-17(19,20)9-13(26)25-6-2-5-24(7-8-25)12-10-28-16(23-12)14(27)11-3-1-4-22-15(11)21/h1,3-4,10H,2,5-9H2,(H2,21,22). The van der Waals surface area contributed by atoms with Gasteiger partial charge in [-0.3, -0.25) is 9.59 Å². The lowest BCUT2D eigenvalue weighted by molar-refractivity contribution is -0.161. The molecule has 0 atom stereocenters. The topological polar surface area (TPSA) is 92.4 Å². The Bertz CT molecular complexity index is 870. The van der Waals surface area contributed by atoms with Gasteiger partial charge < -0.3 is 15.5 Å². The number of thiazole rings is 1. The average molecular weight is 413 g/mol. The second kappa shape index (κ2) is 8.13. The van der Waals surface area contributed by atoms with Gasteiger partial charge in [-0.15, -0.1) is 11.3 Å². The van der Waals surface area contributed by atoms with E-state index in [0.717, 1.165) is 11.3 Å². The number of rotatable bonds is 4. The summed E-state index contributed by atoms with van der Waals surface area (Å²) >= 11 is 1.16. The molecule has 1 saturated heterocycles. The molecule has 1 fully saturated rings. The van der Waals surface area contributed by atoms with Crippen LogP contribution in [0.3, 0.4) is 0 Å². The van der Waals surface area contributed by atoms with Crippen LogP contribution in [-0.4, -0.2) is 58.9 Å². The second-order valence-electron chi connectivity index (χ2n) is 6.29. The van der Waals surface area contributed by atoms with Crippen molar-refractivity contribution in [2.75, 3.05) is 36.8 Å². The van der Waals surface area contributed by atoms with E-state index in [1.807, 2.05) is 4.90 Å². The van der Waals surface area contributed by atoms with Gasteiger partial charge in [0.15, 0.2) is 5.01 Å². The number of halogens is 3. The van der Waals surface area contributed by atoms with Gasteiger partial charge in [0.05, 0.1) is 5.56 Å². The number of ketones is 1. The van der Waals surface area contributed by atoms with Crippen molar-refractivity contribution in [3.8, 4) is 0 Å². The smallest absolute Gasteiger partial charge is 0.383 e. The first-order valence-electron chi connectivity index (χ1n) is 8.55. The van der Waals surface area contributed by atoms with Gasteiger partial charge in [0.2, 0.25) is 11.7 Å². The number of amides is 1. The zero-order valence-electron chi connectivity index (χ0n) is 14.8. The maximum absolute atomic E-state index is 12.6. The first-order valence-corrected chi connectivity index (χ1v) is 9.43. The van der Waals surface area contributed by atoms with E-state index in [-0.39, 0.29) is 35.3 Å².